The Hall–Kier alpha value is -1.13. The lowest BCUT2D eigenvalue weighted by atomic mass is 10.2. The molecule has 0 saturated heterocycles. The molecule has 0 radical (unpaired) electrons. The fourth-order valence-electron chi connectivity index (χ4n) is 1.91. The average Bonchev–Trinajstić information content (AvgIpc) is 2.93. The summed E-state index contributed by atoms with van der Waals surface area (Å²) in [7, 11) is 0. The molecule has 0 saturated carbocycles. The molecule has 86 valence electrons. The van der Waals surface area contributed by atoms with Gasteiger partial charge in [0, 0.05) is 4.47 Å². The van der Waals surface area contributed by atoms with Gasteiger partial charge in [0.2, 0.25) is 0 Å². The Kier molecular flexibility index (Phi) is 2.76. The number of H-pyrrole nitrogens is 1. The van der Waals surface area contributed by atoms with E-state index in [2.05, 4.69) is 50.3 Å². The van der Waals surface area contributed by atoms with Crippen LogP contribution in [0.15, 0.2) is 34.1 Å². The molecular formula is C13H11BrN2S. The first-order valence-electron chi connectivity index (χ1n) is 5.50. The molecule has 3 rings (SSSR count). The summed E-state index contributed by atoms with van der Waals surface area (Å²) in [6.45, 7) is 2.17. The van der Waals surface area contributed by atoms with Gasteiger partial charge in [0.25, 0.3) is 0 Å². The number of benzene rings is 1. The van der Waals surface area contributed by atoms with Gasteiger partial charge in [-0.3, -0.25) is 0 Å². The first kappa shape index (κ1) is 11.0. The van der Waals surface area contributed by atoms with Crippen LogP contribution in [0.25, 0.3) is 21.7 Å². The molecule has 2 nitrogen and oxygen atoms in total. The van der Waals surface area contributed by atoms with Gasteiger partial charge in [-0.1, -0.05) is 22.9 Å². The van der Waals surface area contributed by atoms with Crippen molar-refractivity contribution in [1.82, 2.24) is 9.97 Å². The molecule has 0 bridgehead atoms. The molecule has 0 spiro atoms. The fraction of sp³-hybridized carbons (Fsp3) is 0.154. The molecule has 2 aromatic heterocycles. The molecule has 0 aliphatic carbocycles. The highest BCUT2D eigenvalue weighted by molar-refractivity contribution is 9.10. The number of hydrogen-bond acceptors (Lipinski definition) is 2. The van der Waals surface area contributed by atoms with Gasteiger partial charge in [-0.05, 0) is 41.6 Å². The molecular weight excluding hydrogens is 296 g/mol. The highest BCUT2D eigenvalue weighted by Gasteiger charge is 2.10. The summed E-state index contributed by atoms with van der Waals surface area (Å²) < 4.78 is 1.07. The maximum absolute atomic E-state index is 4.64. The largest absolute Gasteiger partial charge is 0.337 e. The second-order valence-electron chi connectivity index (χ2n) is 3.88. The monoisotopic (exact) mass is 306 g/mol. The molecule has 0 unspecified atom stereocenters. The average molecular weight is 307 g/mol. The van der Waals surface area contributed by atoms with Crippen LogP contribution in [0, 0.1) is 0 Å². The zero-order valence-corrected chi connectivity index (χ0v) is 11.7. The lowest BCUT2D eigenvalue weighted by molar-refractivity contribution is 1.15. The summed E-state index contributed by atoms with van der Waals surface area (Å²) in [5.74, 6) is 0.977. The number of fused-ring (bicyclic) bond motifs is 1. The van der Waals surface area contributed by atoms with E-state index in [1.54, 1.807) is 11.3 Å². The third kappa shape index (κ3) is 1.91. The van der Waals surface area contributed by atoms with Crippen molar-refractivity contribution in [3.05, 3.63) is 39.7 Å². The highest BCUT2D eigenvalue weighted by Crippen LogP contribution is 2.30. The molecule has 0 amide bonds. The predicted molar refractivity (Wildman–Crippen MR) is 76.5 cm³/mol. The highest BCUT2D eigenvalue weighted by atomic mass is 79.9. The van der Waals surface area contributed by atoms with Crippen LogP contribution < -0.4 is 0 Å². The van der Waals surface area contributed by atoms with Crippen LogP contribution in [0.5, 0.6) is 0 Å². The minimum atomic E-state index is 0.977. The minimum absolute atomic E-state index is 0.977. The summed E-state index contributed by atoms with van der Waals surface area (Å²) in [6, 6.07) is 8.27. The number of hydrogen-bond donors (Lipinski definition) is 1. The van der Waals surface area contributed by atoms with Crippen molar-refractivity contribution in [2.75, 3.05) is 0 Å². The Morgan fingerprint density at radius 1 is 1.35 bits per heavy atom. The van der Waals surface area contributed by atoms with E-state index in [1.165, 1.54) is 10.4 Å². The van der Waals surface area contributed by atoms with Gasteiger partial charge >= 0.3 is 0 Å². The van der Waals surface area contributed by atoms with E-state index < -0.39 is 0 Å². The lowest BCUT2D eigenvalue weighted by Crippen LogP contribution is -1.82. The molecule has 0 fully saturated rings. The Balaban J connectivity index is 2.18. The maximum atomic E-state index is 4.64. The molecule has 0 aliphatic heterocycles. The topological polar surface area (TPSA) is 28.7 Å². The number of rotatable bonds is 2. The number of aromatic nitrogens is 2. The molecule has 17 heavy (non-hydrogen) atoms. The van der Waals surface area contributed by atoms with Crippen molar-refractivity contribution in [3.8, 4) is 10.7 Å². The number of thiophene rings is 1. The molecule has 0 aliphatic rings. The quantitative estimate of drug-likeness (QED) is 0.735. The molecule has 0 atom stereocenters. The van der Waals surface area contributed by atoms with E-state index in [0.29, 0.717) is 0 Å². The molecule has 1 N–H and O–H groups in total. The van der Waals surface area contributed by atoms with E-state index in [1.807, 2.05) is 12.1 Å². The van der Waals surface area contributed by atoms with Crippen molar-refractivity contribution >= 4 is 38.3 Å². The normalized spacial score (nSPS) is 11.2. The van der Waals surface area contributed by atoms with Gasteiger partial charge in [0.1, 0.15) is 5.82 Å². The van der Waals surface area contributed by atoms with Gasteiger partial charge in [-0.15, -0.1) is 11.3 Å². The number of nitrogens with zero attached hydrogens (tertiary/aromatic N) is 1. The van der Waals surface area contributed by atoms with Crippen molar-refractivity contribution in [2.24, 2.45) is 0 Å². The zero-order valence-electron chi connectivity index (χ0n) is 9.33. The summed E-state index contributed by atoms with van der Waals surface area (Å²) >= 11 is 5.21. The Bertz CT molecular complexity index is 669. The fourth-order valence-corrected chi connectivity index (χ4v) is 3.21. The lowest BCUT2D eigenvalue weighted by Gasteiger charge is -1.95. The van der Waals surface area contributed by atoms with Crippen LogP contribution in [-0.2, 0) is 6.42 Å². The number of imidazole rings is 1. The van der Waals surface area contributed by atoms with Crippen molar-refractivity contribution in [3.63, 3.8) is 0 Å². The second kappa shape index (κ2) is 4.27. The third-order valence-corrected chi connectivity index (χ3v) is 4.24. The number of aryl methyl sites for hydroxylation is 1. The van der Waals surface area contributed by atoms with Gasteiger partial charge in [0.15, 0.2) is 0 Å². The van der Waals surface area contributed by atoms with Crippen LogP contribution in [0.4, 0.5) is 0 Å². The predicted octanol–water partition coefficient (Wildman–Crippen LogP) is 4.62. The van der Waals surface area contributed by atoms with E-state index in [9.17, 15) is 0 Å². The van der Waals surface area contributed by atoms with Crippen LogP contribution in [0.1, 0.15) is 12.5 Å². The number of aromatic amines is 1. The zero-order chi connectivity index (χ0) is 11.8. The summed E-state index contributed by atoms with van der Waals surface area (Å²) in [4.78, 5) is 9.27. The van der Waals surface area contributed by atoms with Crippen molar-refractivity contribution < 1.29 is 0 Å². The first-order valence-corrected chi connectivity index (χ1v) is 7.17. The van der Waals surface area contributed by atoms with Gasteiger partial charge in [-0.2, -0.15) is 0 Å². The minimum Gasteiger partial charge on any atom is -0.337 e. The van der Waals surface area contributed by atoms with Crippen molar-refractivity contribution in [1.29, 1.82) is 0 Å². The smallest absolute Gasteiger partial charge is 0.148 e. The van der Waals surface area contributed by atoms with E-state index in [-0.39, 0.29) is 0 Å². The number of halogens is 1. The van der Waals surface area contributed by atoms with E-state index >= 15 is 0 Å². The summed E-state index contributed by atoms with van der Waals surface area (Å²) in [6.07, 6.45) is 1.04. The Morgan fingerprint density at radius 3 is 3.06 bits per heavy atom. The summed E-state index contributed by atoms with van der Waals surface area (Å²) in [5, 5.41) is 2.12. The Morgan fingerprint density at radius 2 is 2.24 bits per heavy atom. The Labute approximate surface area is 112 Å². The van der Waals surface area contributed by atoms with Crippen LogP contribution in [0.3, 0.4) is 0 Å². The van der Waals surface area contributed by atoms with Gasteiger partial charge < -0.3 is 4.98 Å². The van der Waals surface area contributed by atoms with Crippen LogP contribution in [-0.4, -0.2) is 9.97 Å². The van der Waals surface area contributed by atoms with Crippen molar-refractivity contribution in [2.45, 2.75) is 13.3 Å². The molecule has 3 aromatic rings. The number of nitrogens with one attached hydrogen (secondary N) is 1. The maximum Gasteiger partial charge on any atom is 0.148 e. The first-order chi connectivity index (χ1) is 8.28. The second-order valence-corrected chi connectivity index (χ2v) is 5.71. The van der Waals surface area contributed by atoms with Crippen LogP contribution >= 0.6 is 27.3 Å². The standard InChI is InChI=1S/C13H11BrN2S/c1-2-8-5-6-17-12(8)13-15-10-4-3-9(14)7-11(10)16-13/h3-7H,2H2,1H3,(H,15,16). The van der Waals surface area contributed by atoms with E-state index in [4.69, 9.17) is 0 Å². The van der Waals surface area contributed by atoms with Crippen LogP contribution in [0.2, 0.25) is 0 Å². The SMILES string of the molecule is CCc1ccsc1-c1nc2ccc(Br)cc2[nH]1. The van der Waals surface area contributed by atoms with E-state index in [0.717, 1.165) is 27.8 Å². The van der Waals surface area contributed by atoms with Gasteiger partial charge in [0.05, 0.1) is 15.9 Å². The van der Waals surface area contributed by atoms with Gasteiger partial charge in [-0.25, -0.2) is 4.98 Å². The third-order valence-electron chi connectivity index (χ3n) is 2.79. The molecule has 4 heteroatoms. The molecule has 1 aromatic carbocycles. The molecule has 2 heterocycles. The summed E-state index contributed by atoms with van der Waals surface area (Å²) in [5.41, 5.74) is 3.44.